The maximum atomic E-state index is 12.8. The molecule has 0 rings (SSSR count). The summed E-state index contributed by atoms with van der Waals surface area (Å²) in [5, 5.41) is 0. The van der Waals surface area contributed by atoms with E-state index in [1.807, 2.05) is 0 Å². The monoisotopic (exact) mass is 304 g/mol. The lowest BCUT2D eigenvalue weighted by molar-refractivity contribution is -0.152. The molecule has 0 amide bonds. The molecule has 0 spiro atoms. The molecule has 0 aromatic rings. The summed E-state index contributed by atoms with van der Waals surface area (Å²) in [5.41, 5.74) is 0. The van der Waals surface area contributed by atoms with Crippen LogP contribution in [0.5, 0.6) is 0 Å². The molecule has 0 unspecified atom stereocenters. The van der Waals surface area contributed by atoms with Gasteiger partial charge in [0.25, 0.3) is 0 Å². The predicted molar refractivity (Wildman–Crippen MR) is 88.4 cm³/mol. The van der Waals surface area contributed by atoms with Crippen LogP contribution < -0.4 is 0 Å². The number of rotatable bonds is 17. The molecule has 21 heavy (non-hydrogen) atoms. The van der Waals surface area contributed by atoms with Gasteiger partial charge in [0, 0.05) is 13.2 Å². The zero-order chi connectivity index (χ0) is 15.6. The van der Waals surface area contributed by atoms with Gasteiger partial charge < -0.3 is 9.47 Å². The van der Waals surface area contributed by atoms with Crippen molar-refractivity contribution in [3.8, 4) is 0 Å². The van der Waals surface area contributed by atoms with Crippen molar-refractivity contribution in [3.05, 3.63) is 0 Å². The Morgan fingerprint density at radius 2 is 1.00 bits per heavy atom. The van der Waals surface area contributed by atoms with Crippen LogP contribution >= 0.6 is 0 Å². The second-order valence-electron chi connectivity index (χ2n) is 5.86. The summed E-state index contributed by atoms with van der Waals surface area (Å²) in [4.78, 5) is 0. The van der Waals surface area contributed by atoms with Crippen LogP contribution in [0.3, 0.4) is 0 Å². The third-order valence-corrected chi connectivity index (χ3v) is 3.73. The Balaban J connectivity index is 3.29. The van der Waals surface area contributed by atoms with E-state index in [2.05, 4.69) is 13.8 Å². The number of ether oxygens (including phenoxy) is 2. The summed E-state index contributed by atoms with van der Waals surface area (Å²) in [6.07, 6.45) is 14.0. The van der Waals surface area contributed by atoms with Gasteiger partial charge in [-0.25, -0.2) is 4.39 Å². The highest BCUT2D eigenvalue weighted by molar-refractivity contribution is 4.47. The van der Waals surface area contributed by atoms with Crippen molar-refractivity contribution in [2.75, 3.05) is 19.9 Å². The highest BCUT2D eigenvalue weighted by atomic mass is 19.1. The molecule has 0 N–H and O–H groups in total. The number of unbranched alkanes of at least 4 members (excludes halogenated alkanes) is 10. The van der Waals surface area contributed by atoms with Crippen LogP contribution in [0.1, 0.15) is 90.9 Å². The Morgan fingerprint density at radius 3 is 1.38 bits per heavy atom. The van der Waals surface area contributed by atoms with Crippen LogP contribution in [0.25, 0.3) is 0 Å². The van der Waals surface area contributed by atoms with E-state index in [1.165, 1.54) is 64.2 Å². The smallest absolute Gasteiger partial charge is 0.185 e. The first-order valence-corrected chi connectivity index (χ1v) is 9.14. The second kappa shape index (κ2) is 17.9. The molecule has 3 heteroatoms. The second-order valence-corrected chi connectivity index (χ2v) is 5.86. The van der Waals surface area contributed by atoms with E-state index in [4.69, 9.17) is 9.47 Å². The van der Waals surface area contributed by atoms with Gasteiger partial charge >= 0.3 is 0 Å². The lowest BCUT2D eigenvalue weighted by Gasteiger charge is -2.15. The fourth-order valence-electron chi connectivity index (χ4n) is 2.33. The first kappa shape index (κ1) is 20.9. The Morgan fingerprint density at radius 1 is 0.619 bits per heavy atom. The van der Waals surface area contributed by atoms with Gasteiger partial charge in [-0.3, -0.25) is 0 Å². The Bertz CT molecular complexity index is 170. The number of alkyl halides is 1. The van der Waals surface area contributed by atoms with E-state index in [-0.39, 0.29) is 0 Å². The molecular formula is C18H37FO2. The molecule has 0 aliphatic rings. The van der Waals surface area contributed by atoms with Gasteiger partial charge in [-0.15, -0.1) is 0 Å². The van der Waals surface area contributed by atoms with Crippen molar-refractivity contribution in [2.45, 2.75) is 97.2 Å². The molecule has 0 bridgehead atoms. The molecule has 0 radical (unpaired) electrons. The van der Waals surface area contributed by atoms with Crippen LogP contribution in [-0.4, -0.2) is 26.2 Å². The normalized spacial score (nSPS) is 11.4. The first-order chi connectivity index (χ1) is 10.3. The van der Waals surface area contributed by atoms with Crippen molar-refractivity contribution < 1.29 is 13.9 Å². The van der Waals surface area contributed by atoms with Gasteiger partial charge in [-0.1, -0.05) is 78.1 Å². The maximum Gasteiger partial charge on any atom is 0.185 e. The molecule has 0 aliphatic heterocycles. The van der Waals surface area contributed by atoms with E-state index >= 15 is 0 Å². The van der Waals surface area contributed by atoms with Gasteiger partial charge in [0.1, 0.15) is 6.67 Å². The summed E-state index contributed by atoms with van der Waals surface area (Å²) in [6, 6.07) is 0. The molecule has 0 aromatic carbocycles. The van der Waals surface area contributed by atoms with Crippen LogP contribution in [0.4, 0.5) is 4.39 Å². The highest BCUT2D eigenvalue weighted by Gasteiger charge is 2.08. The molecular weight excluding hydrogens is 267 g/mol. The molecule has 0 saturated carbocycles. The van der Waals surface area contributed by atoms with Crippen molar-refractivity contribution >= 4 is 0 Å². The van der Waals surface area contributed by atoms with Crippen LogP contribution in [0.15, 0.2) is 0 Å². The van der Waals surface area contributed by atoms with Crippen molar-refractivity contribution in [3.63, 3.8) is 0 Å². The van der Waals surface area contributed by atoms with Crippen LogP contribution in [0, 0.1) is 0 Å². The Hall–Kier alpha value is -0.150. The fraction of sp³-hybridized carbons (Fsp3) is 1.00. The van der Waals surface area contributed by atoms with Gasteiger partial charge in [0.2, 0.25) is 0 Å². The third-order valence-electron chi connectivity index (χ3n) is 3.73. The minimum atomic E-state index is -0.642. The van der Waals surface area contributed by atoms with E-state index in [1.54, 1.807) is 0 Å². The molecule has 2 nitrogen and oxygen atoms in total. The van der Waals surface area contributed by atoms with Gasteiger partial charge in [0.15, 0.2) is 6.29 Å². The molecule has 0 aliphatic carbocycles. The van der Waals surface area contributed by atoms with Crippen molar-refractivity contribution in [1.82, 2.24) is 0 Å². The molecule has 0 atom stereocenters. The van der Waals surface area contributed by atoms with Crippen molar-refractivity contribution in [1.29, 1.82) is 0 Å². The highest BCUT2D eigenvalue weighted by Crippen LogP contribution is 2.08. The van der Waals surface area contributed by atoms with Crippen LogP contribution in [0.2, 0.25) is 0 Å². The Kier molecular flexibility index (Phi) is 17.8. The van der Waals surface area contributed by atoms with Gasteiger partial charge in [0.05, 0.1) is 0 Å². The van der Waals surface area contributed by atoms with Gasteiger partial charge in [-0.05, 0) is 12.8 Å². The van der Waals surface area contributed by atoms with E-state index in [9.17, 15) is 4.39 Å². The molecule has 0 aromatic heterocycles. The Labute approximate surface area is 131 Å². The van der Waals surface area contributed by atoms with E-state index in [0.717, 1.165) is 12.8 Å². The summed E-state index contributed by atoms with van der Waals surface area (Å²) >= 11 is 0. The minimum absolute atomic E-state index is 0.536. The molecule has 128 valence electrons. The first-order valence-electron chi connectivity index (χ1n) is 9.14. The predicted octanol–water partition coefficient (Wildman–Crippen LogP) is 6.04. The lowest BCUT2D eigenvalue weighted by atomic mass is 10.1. The summed E-state index contributed by atoms with van der Waals surface area (Å²) in [5.74, 6) is 0. The zero-order valence-corrected chi connectivity index (χ0v) is 14.4. The van der Waals surface area contributed by atoms with Gasteiger partial charge in [-0.2, -0.15) is 0 Å². The zero-order valence-electron chi connectivity index (χ0n) is 14.4. The SMILES string of the molecule is CCCCCCCCOC(CF)OCCCCCCCC. The molecule has 0 saturated heterocycles. The fourth-order valence-corrected chi connectivity index (χ4v) is 2.33. The van der Waals surface area contributed by atoms with E-state index in [0.29, 0.717) is 13.2 Å². The average Bonchev–Trinajstić information content (AvgIpc) is 2.51. The van der Waals surface area contributed by atoms with Crippen LogP contribution in [-0.2, 0) is 9.47 Å². The molecule has 0 fully saturated rings. The lowest BCUT2D eigenvalue weighted by Crippen LogP contribution is -2.20. The summed E-state index contributed by atoms with van der Waals surface area (Å²) < 4.78 is 23.7. The average molecular weight is 304 g/mol. The van der Waals surface area contributed by atoms with E-state index < -0.39 is 13.0 Å². The topological polar surface area (TPSA) is 18.5 Å². The maximum absolute atomic E-state index is 12.8. The number of halogens is 1. The molecule has 0 heterocycles. The van der Waals surface area contributed by atoms with Crippen molar-refractivity contribution in [2.24, 2.45) is 0 Å². The quantitative estimate of drug-likeness (QED) is 0.241. The number of hydrogen-bond donors (Lipinski definition) is 0. The summed E-state index contributed by atoms with van der Waals surface area (Å²) in [7, 11) is 0. The largest absolute Gasteiger partial charge is 0.350 e. The minimum Gasteiger partial charge on any atom is -0.350 e. The standard InChI is InChI=1S/C18H37FO2/c1-3-5-7-9-11-13-15-20-18(17-19)21-16-14-12-10-8-6-4-2/h18H,3-17H2,1-2H3. The third kappa shape index (κ3) is 16.1. The summed E-state index contributed by atoms with van der Waals surface area (Å²) in [6.45, 7) is 5.15. The number of hydrogen-bond acceptors (Lipinski definition) is 2.